The van der Waals surface area contributed by atoms with Crippen LogP contribution in [0.4, 0.5) is 5.69 Å². The summed E-state index contributed by atoms with van der Waals surface area (Å²) < 4.78 is 1.19. The number of fused-ring (bicyclic) bond motifs is 2. The van der Waals surface area contributed by atoms with E-state index >= 15 is 0 Å². The van der Waals surface area contributed by atoms with Crippen molar-refractivity contribution in [1.82, 2.24) is 14.5 Å². The Morgan fingerprint density at radius 2 is 2.04 bits per heavy atom. The second-order valence-corrected chi connectivity index (χ2v) is 6.16. The minimum atomic E-state index is -0.629. The number of aryl methyl sites for hydroxylation is 1. The molecule has 8 nitrogen and oxygen atoms in total. The summed E-state index contributed by atoms with van der Waals surface area (Å²) in [5.41, 5.74) is 2.04. The van der Waals surface area contributed by atoms with Gasteiger partial charge >= 0.3 is 0 Å². The molecule has 2 N–H and O–H groups in total. The molecule has 0 aliphatic carbocycles. The highest BCUT2D eigenvalue weighted by molar-refractivity contribution is 5.94. The number of rotatable bonds is 3. The van der Waals surface area contributed by atoms with Crippen LogP contribution in [0, 0.1) is 6.92 Å². The fourth-order valence-corrected chi connectivity index (χ4v) is 2.88. The summed E-state index contributed by atoms with van der Waals surface area (Å²) in [6.07, 6.45) is 1.32. The van der Waals surface area contributed by atoms with Crippen LogP contribution in [-0.2, 0) is 11.3 Å². The lowest BCUT2D eigenvalue weighted by atomic mass is 10.2. The van der Waals surface area contributed by atoms with Gasteiger partial charge in [0.2, 0.25) is 5.88 Å². The van der Waals surface area contributed by atoms with Gasteiger partial charge < -0.3 is 10.1 Å². The van der Waals surface area contributed by atoms with Crippen molar-refractivity contribution in [3.8, 4) is 5.88 Å². The first-order valence-corrected chi connectivity index (χ1v) is 8.23. The van der Waals surface area contributed by atoms with Gasteiger partial charge in [-0.3, -0.25) is 14.2 Å². The van der Waals surface area contributed by atoms with Crippen molar-refractivity contribution < 1.29 is 9.90 Å². The summed E-state index contributed by atoms with van der Waals surface area (Å²) in [4.78, 5) is 31.7. The molecule has 0 spiro atoms. The molecule has 2 heterocycles. The quantitative estimate of drug-likeness (QED) is 0.546. The monoisotopic (exact) mass is 361 g/mol. The lowest BCUT2D eigenvalue weighted by Gasteiger charge is -2.04. The molecule has 1 amide bonds. The fraction of sp³-hybridized carbons (Fsp3) is 0.105. The molecule has 2 aromatic heterocycles. The molecule has 0 aliphatic heterocycles. The number of azo groups is 1. The number of nitrogens with one attached hydrogen (secondary N) is 1. The van der Waals surface area contributed by atoms with Gasteiger partial charge in [-0.1, -0.05) is 29.8 Å². The van der Waals surface area contributed by atoms with Gasteiger partial charge in [-0.15, -0.1) is 10.2 Å². The number of aromatic hydroxyl groups is 1. The van der Waals surface area contributed by atoms with Crippen molar-refractivity contribution >= 4 is 33.4 Å². The van der Waals surface area contributed by atoms with Crippen LogP contribution in [0.15, 0.2) is 63.8 Å². The van der Waals surface area contributed by atoms with Gasteiger partial charge in [-0.2, -0.15) is 0 Å². The van der Waals surface area contributed by atoms with Crippen LogP contribution in [0.5, 0.6) is 5.88 Å². The maximum atomic E-state index is 12.5. The third-order valence-corrected chi connectivity index (χ3v) is 4.21. The standard InChI is InChI=1S/C19H15N5O3/c1-11-6-7-14-13(8-11)19(27)24(10-20-14)9-16(25)22-23-17-12-4-2-3-5-15(12)21-18(17)26/h2-8,10,21,26H,9H2,1H3. The Morgan fingerprint density at radius 3 is 2.89 bits per heavy atom. The first-order valence-electron chi connectivity index (χ1n) is 8.23. The Morgan fingerprint density at radius 1 is 1.22 bits per heavy atom. The average Bonchev–Trinajstić information content (AvgIpc) is 2.98. The fourth-order valence-electron chi connectivity index (χ4n) is 2.88. The number of benzene rings is 2. The maximum Gasteiger partial charge on any atom is 0.284 e. The van der Waals surface area contributed by atoms with Crippen molar-refractivity contribution in [2.24, 2.45) is 10.2 Å². The Bertz CT molecular complexity index is 1270. The molecule has 8 heteroatoms. The summed E-state index contributed by atoms with van der Waals surface area (Å²) in [5, 5.41) is 18.5. The van der Waals surface area contributed by atoms with E-state index in [9.17, 15) is 14.7 Å². The van der Waals surface area contributed by atoms with E-state index in [2.05, 4.69) is 20.2 Å². The molecule has 0 saturated heterocycles. The van der Waals surface area contributed by atoms with Gasteiger partial charge in [0.25, 0.3) is 11.5 Å². The Kier molecular flexibility index (Phi) is 4.00. The highest BCUT2D eigenvalue weighted by Crippen LogP contribution is 2.35. The molecule has 0 aliphatic rings. The Labute approximate surface area is 152 Å². The van der Waals surface area contributed by atoms with Gasteiger partial charge in [0.1, 0.15) is 6.54 Å². The first kappa shape index (κ1) is 16.6. The van der Waals surface area contributed by atoms with Crippen molar-refractivity contribution in [3.05, 3.63) is 64.7 Å². The molecule has 0 unspecified atom stereocenters. The molecule has 2 aromatic carbocycles. The van der Waals surface area contributed by atoms with E-state index < -0.39 is 5.91 Å². The van der Waals surface area contributed by atoms with Crippen LogP contribution in [0.2, 0.25) is 0 Å². The number of hydrogen-bond donors (Lipinski definition) is 2. The van der Waals surface area contributed by atoms with Crippen molar-refractivity contribution in [2.45, 2.75) is 13.5 Å². The van der Waals surface area contributed by atoms with Gasteiger partial charge in [-0.05, 0) is 25.1 Å². The van der Waals surface area contributed by atoms with E-state index in [-0.39, 0.29) is 23.7 Å². The summed E-state index contributed by atoms with van der Waals surface area (Å²) in [7, 11) is 0. The lowest BCUT2D eigenvalue weighted by Crippen LogP contribution is -2.23. The number of carbonyl (C=O) groups excluding carboxylic acids is 1. The second kappa shape index (κ2) is 6.49. The SMILES string of the molecule is Cc1ccc2ncn(CC(=O)N=Nc3c(O)[nH]c4ccccc34)c(=O)c2c1. The van der Waals surface area contributed by atoms with Gasteiger partial charge in [0, 0.05) is 5.39 Å². The lowest BCUT2D eigenvalue weighted by molar-refractivity contribution is -0.118. The molecular weight excluding hydrogens is 346 g/mol. The van der Waals surface area contributed by atoms with Gasteiger partial charge in [0.15, 0.2) is 5.69 Å². The number of carbonyl (C=O) groups is 1. The molecule has 4 aromatic rings. The number of H-pyrrole nitrogens is 1. The van der Waals surface area contributed by atoms with E-state index in [1.807, 2.05) is 19.1 Å². The highest BCUT2D eigenvalue weighted by Gasteiger charge is 2.11. The minimum Gasteiger partial charge on any atom is -0.493 e. The van der Waals surface area contributed by atoms with Crippen LogP contribution in [-0.4, -0.2) is 25.5 Å². The third-order valence-electron chi connectivity index (χ3n) is 4.21. The zero-order chi connectivity index (χ0) is 19.0. The Hall–Kier alpha value is -3.81. The predicted molar refractivity (Wildman–Crippen MR) is 100 cm³/mol. The number of aromatic amines is 1. The van der Waals surface area contributed by atoms with E-state index in [0.29, 0.717) is 21.8 Å². The molecule has 0 atom stereocenters. The Balaban J connectivity index is 1.62. The van der Waals surface area contributed by atoms with Gasteiger partial charge in [-0.25, -0.2) is 4.98 Å². The largest absolute Gasteiger partial charge is 0.493 e. The average molecular weight is 361 g/mol. The molecular formula is C19H15N5O3. The molecule has 0 bridgehead atoms. The molecule has 0 saturated carbocycles. The molecule has 4 rings (SSSR count). The predicted octanol–water partition coefficient (Wildman–Crippen LogP) is 3.20. The van der Waals surface area contributed by atoms with Crippen molar-refractivity contribution in [2.75, 3.05) is 0 Å². The number of aromatic nitrogens is 3. The van der Waals surface area contributed by atoms with E-state index in [1.165, 1.54) is 10.9 Å². The first-order chi connectivity index (χ1) is 13.0. The van der Waals surface area contributed by atoms with Crippen LogP contribution >= 0.6 is 0 Å². The smallest absolute Gasteiger partial charge is 0.284 e. The van der Waals surface area contributed by atoms with Crippen LogP contribution < -0.4 is 5.56 Å². The molecule has 134 valence electrons. The summed E-state index contributed by atoms with van der Waals surface area (Å²) >= 11 is 0. The second-order valence-electron chi connectivity index (χ2n) is 6.16. The summed E-state index contributed by atoms with van der Waals surface area (Å²) in [6.45, 7) is 1.59. The topological polar surface area (TPSA) is 113 Å². The van der Waals surface area contributed by atoms with Crippen molar-refractivity contribution in [3.63, 3.8) is 0 Å². The number of hydrogen-bond acceptors (Lipinski definition) is 5. The van der Waals surface area contributed by atoms with E-state index in [1.54, 1.807) is 30.3 Å². The highest BCUT2D eigenvalue weighted by atomic mass is 16.3. The van der Waals surface area contributed by atoms with Crippen molar-refractivity contribution in [1.29, 1.82) is 0 Å². The van der Waals surface area contributed by atoms with Gasteiger partial charge in [0.05, 0.1) is 22.7 Å². The maximum absolute atomic E-state index is 12.5. The summed E-state index contributed by atoms with van der Waals surface area (Å²) in [5.74, 6) is -0.802. The van der Waals surface area contributed by atoms with Crippen LogP contribution in [0.25, 0.3) is 21.8 Å². The summed E-state index contributed by atoms with van der Waals surface area (Å²) in [6, 6.07) is 12.5. The normalized spacial score (nSPS) is 11.6. The third kappa shape index (κ3) is 3.08. The van der Waals surface area contributed by atoms with E-state index in [4.69, 9.17) is 0 Å². The zero-order valence-corrected chi connectivity index (χ0v) is 14.4. The minimum absolute atomic E-state index is 0.173. The zero-order valence-electron chi connectivity index (χ0n) is 14.4. The van der Waals surface area contributed by atoms with Crippen LogP contribution in [0.1, 0.15) is 5.56 Å². The molecule has 27 heavy (non-hydrogen) atoms. The molecule has 0 radical (unpaired) electrons. The van der Waals surface area contributed by atoms with Crippen LogP contribution in [0.3, 0.4) is 0 Å². The number of para-hydroxylation sites is 1. The van der Waals surface area contributed by atoms with E-state index in [0.717, 1.165) is 5.56 Å². The molecule has 0 fully saturated rings. The number of amides is 1. The number of nitrogens with zero attached hydrogens (tertiary/aromatic N) is 4.